The van der Waals surface area contributed by atoms with Crippen LogP contribution in [-0.4, -0.2) is 55.9 Å². The second-order valence-electron chi connectivity index (χ2n) is 7.34. The lowest BCUT2D eigenvalue weighted by Crippen LogP contribution is -2.46. The second kappa shape index (κ2) is 9.34. The molecule has 0 heterocycles. The summed E-state index contributed by atoms with van der Waals surface area (Å²) >= 11 is 0. The molecule has 2 N–H and O–H groups in total. The minimum absolute atomic E-state index is 0.0667. The number of aryl methyl sites for hydroxylation is 1. The first-order valence-corrected chi connectivity index (χ1v) is 10.1. The van der Waals surface area contributed by atoms with Crippen LogP contribution in [0, 0.1) is 6.92 Å². The molecule has 8 heteroatoms. The van der Waals surface area contributed by atoms with Gasteiger partial charge in [-0.25, -0.2) is 17.9 Å². The number of nitrogens with zero attached hydrogens (tertiary/aromatic N) is 1. The monoisotopic (exact) mass is 386 g/mol. The Balaban J connectivity index is 2.80. The Morgan fingerprint density at radius 3 is 2.35 bits per heavy atom. The number of sulfonamides is 1. The first-order chi connectivity index (χ1) is 11.9. The molecule has 0 saturated heterocycles. The Labute approximate surface area is 156 Å². The van der Waals surface area contributed by atoms with Crippen molar-refractivity contribution in [2.45, 2.75) is 57.6 Å². The highest BCUT2D eigenvalue weighted by molar-refractivity contribution is 7.89. The van der Waals surface area contributed by atoms with E-state index in [1.54, 1.807) is 52.0 Å². The van der Waals surface area contributed by atoms with Gasteiger partial charge in [-0.1, -0.05) is 17.7 Å². The molecule has 1 aromatic carbocycles. The van der Waals surface area contributed by atoms with E-state index >= 15 is 0 Å². The zero-order valence-corrected chi connectivity index (χ0v) is 17.0. The summed E-state index contributed by atoms with van der Waals surface area (Å²) in [6.45, 7) is 9.20. The van der Waals surface area contributed by atoms with Crippen molar-refractivity contribution in [3.63, 3.8) is 0 Å². The normalized spacial score (nSPS) is 13.3. The Hall–Kier alpha value is -1.64. The van der Waals surface area contributed by atoms with Crippen molar-refractivity contribution in [2.24, 2.45) is 0 Å². The van der Waals surface area contributed by atoms with Crippen molar-refractivity contribution in [3.8, 4) is 0 Å². The molecule has 0 spiro atoms. The summed E-state index contributed by atoms with van der Waals surface area (Å²) in [7, 11) is -3.68. The molecule has 1 rings (SSSR count). The summed E-state index contributed by atoms with van der Waals surface area (Å²) in [5, 5.41) is 9.03. The van der Waals surface area contributed by atoms with Crippen LogP contribution in [0.25, 0.3) is 0 Å². The van der Waals surface area contributed by atoms with Gasteiger partial charge in [-0.3, -0.25) is 0 Å². The molecule has 148 valence electrons. The molecule has 0 radical (unpaired) electrons. The maximum atomic E-state index is 12.5. The number of ether oxygens (including phenoxy) is 1. The number of nitrogens with one attached hydrogen (secondary N) is 1. The van der Waals surface area contributed by atoms with Gasteiger partial charge in [0.05, 0.1) is 4.90 Å². The first-order valence-electron chi connectivity index (χ1n) is 8.62. The van der Waals surface area contributed by atoms with Crippen LogP contribution < -0.4 is 4.72 Å². The molecule has 0 aliphatic carbocycles. The molecule has 1 amide bonds. The van der Waals surface area contributed by atoms with E-state index in [0.29, 0.717) is 6.42 Å². The van der Waals surface area contributed by atoms with Crippen molar-refractivity contribution in [2.75, 3.05) is 19.7 Å². The summed E-state index contributed by atoms with van der Waals surface area (Å²) in [4.78, 5) is 13.9. The number of aliphatic hydroxyl groups excluding tert-OH is 1. The van der Waals surface area contributed by atoms with Crippen LogP contribution in [0.4, 0.5) is 4.79 Å². The van der Waals surface area contributed by atoms with Crippen molar-refractivity contribution in [3.05, 3.63) is 29.8 Å². The molecule has 26 heavy (non-hydrogen) atoms. The maximum absolute atomic E-state index is 12.5. The molecule has 0 aliphatic heterocycles. The molecule has 1 unspecified atom stereocenters. The summed E-state index contributed by atoms with van der Waals surface area (Å²) in [5.74, 6) is 0. The van der Waals surface area contributed by atoms with Crippen molar-refractivity contribution in [1.29, 1.82) is 0 Å². The van der Waals surface area contributed by atoms with Gasteiger partial charge in [-0.2, -0.15) is 0 Å². The third-order valence-corrected chi connectivity index (χ3v) is 5.03. The van der Waals surface area contributed by atoms with Gasteiger partial charge in [0.15, 0.2) is 0 Å². The molecule has 0 aliphatic rings. The van der Waals surface area contributed by atoms with Gasteiger partial charge in [0, 0.05) is 25.7 Å². The SMILES string of the molecule is Cc1ccc(S(=O)(=O)NC(C)CN(CCCO)C(=O)OC(C)(C)C)cc1. The quantitative estimate of drug-likeness (QED) is 0.715. The zero-order chi connectivity index (χ0) is 20.0. The van der Waals surface area contributed by atoms with Gasteiger partial charge in [-0.05, 0) is 53.2 Å². The number of aliphatic hydroxyl groups is 1. The summed E-state index contributed by atoms with van der Waals surface area (Å²) < 4.78 is 32.9. The molecule has 1 atom stereocenters. The molecule has 0 bridgehead atoms. The highest BCUT2D eigenvalue weighted by atomic mass is 32.2. The van der Waals surface area contributed by atoms with Gasteiger partial charge in [0.25, 0.3) is 0 Å². The van der Waals surface area contributed by atoms with E-state index in [-0.39, 0.29) is 24.6 Å². The fraction of sp³-hybridized carbons (Fsp3) is 0.611. The standard InChI is InChI=1S/C18H30N2O5S/c1-14-7-9-16(10-8-14)26(23,24)19-15(2)13-20(11-6-12-21)17(22)25-18(3,4)5/h7-10,15,19,21H,6,11-13H2,1-5H3. The van der Waals surface area contributed by atoms with E-state index in [1.165, 1.54) is 4.90 Å². The molecular formula is C18H30N2O5S. The maximum Gasteiger partial charge on any atom is 0.410 e. The third kappa shape index (κ3) is 7.72. The number of rotatable bonds is 8. The topological polar surface area (TPSA) is 95.9 Å². The Bertz CT molecular complexity index is 681. The number of hydrogen-bond acceptors (Lipinski definition) is 5. The van der Waals surface area contributed by atoms with E-state index in [2.05, 4.69) is 4.72 Å². The van der Waals surface area contributed by atoms with E-state index in [9.17, 15) is 13.2 Å². The van der Waals surface area contributed by atoms with E-state index in [0.717, 1.165) is 5.56 Å². The highest BCUT2D eigenvalue weighted by Gasteiger charge is 2.25. The van der Waals surface area contributed by atoms with Gasteiger partial charge >= 0.3 is 6.09 Å². The zero-order valence-electron chi connectivity index (χ0n) is 16.2. The van der Waals surface area contributed by atoms with Gasteiger partial charge in [0.2, 0.25) is 10.0 Å². The van der Waals surface area contributed by atoms with E-state index < -0.39 is 27.8 Å². The van der Waals surface area contributed by atoms with Crippen LogP contribution in [0.2, 0.25) is 0 Å². The van der Waals surface area contributed by atoms with Crippen LogP contribution in [0.15, 0.2) is 29.2 Å². The molecule has 1 aromatic rings. The fourth-order valence-corrected chi connectivity index (χ4v) is 3.50. The fourth-order valence-electron chi connectivity index (χ4n) is 2.26. The van der Waals surface area contributed by atoms with Crippen LogP contribution in [0.3, 0.4) is 0 Å². The Kier molecular flexibility index (Phi) is 8.05. The molecule has 7 nitrogen and oxygen atoms in total. The predicted molar refractivity (Wildman–Crippen MR) is 100 cm³/mol. The lowest BCUT2D eigenvalue weighted by atomic mass is 10.2. The second-order valence-corrected chi connectivity index (χ2v) is 9.05. The van der Waals surface area contributed by atoms with E-state index in [1.807, 2.05) is 6.92 Å². The molecule has 0 aromatic heterocycles. The summed E-state index contributed by atoms with van der Waals surface area (Å²) in [6, 6.07) is 6.03. The van der Waals surface area contributed by atoms with E-state index in [4.69, 9.17) is 9.84 Å². The average molecular weight is 387 g/mol. The largest absolute Gasteiger partial charge is 0.444 e. The lowest BCUT2D eigenvalue weighted by Gasteiger charge is -2.29. The Morgan fingerprint density at radius 2 is 1.85 bits per heavy atom. The molecule has 0 fully saturated rings. The lowest BCUT2D eigenvalue weighted by molar-refractivity contribution is 0.0229. The molecule has 0 saturated carbocycles. The van der Waals surface area contributed by atoms with Gasteiger partial charge in [-0.15, -0.1) is 0 Å². The van der Waals surface area contributed by atoms with Gasteiger partial charge in [0.1, 0.15) is 5.60 Å². The van der Waals surface area contributed by atoms with Crippen molar-refractivity contribution >= 4 is 16.1 Å². The number of benzene rings is 1. The molecular weight excluding hydrogens is 356 g/mol. The number of hydrogen-bond donors (Lipinski definition) is 2. The van der Waals surface area contributed by atoms with Crippen LogP contribution in [0.1, 0.15) is 39.7 Å². The average Bonchev–Trinajstić information content (AvgIpc) is 2.49. The van der Waals surface area contributed by atoms with Crippen LogP contribution in [-0.2, 0) is 14.8 Å². The number of carbonyl (C=O) groups excluding carboxylic acids is 1. The Morgan fingerprint density at radius 1 is 1.27 bits per heavy atom. The van der Waals surface area contributed by atoms with Crippen molar-refractivity contribution in [1.82, 2.24) is 9.62 Å². The first kappa shape index (κ1) is 22.4. The summed E-state index contributed by atoms with van der Waals surface area (Å²) in [5.41, 5.74) is 0.316. The van der Waals surface area contributed by atoms with Crippen LogP contribution in [0.5, 0.6) is 0 Å². The smallest absolute Gasteiger partial charge is 0.410 e. The van der Waals surface area contributed by atoms with Gasteiger partial charge < -0.3 is 14.7 Å². The third-order valence-electron chi connectivity index (χ3n) is 3.42. The summed E-state index contributed by atoms with van der Waals surface area (Å²) in [6.07, 6.45) is -0.149. The minimum atomic E-state index is -3.68. The van der Waals surface area contributed by atoms with Crippen molar-refractivity contribution < 1.29 is 23.1 Å². The number of amides is 1. The minimum Gasteiger partial charge on any atom is -0.444 e. The highest BCUT2D eigenvalue weighted by Crippen LogP contribution is 2.13. The number of carbonyl (C=O) groups is 1. The van der Waals surface area contributed by atoms with Crippen LogP contribution >= 0.6 is 0 Å². The predicted octanol–water partition coefficient (Wildman–Crippen LogP) is 2.28.